The van der Waals surface area contributed by atoms with E-state index in [1.807, 2.05) is 43.3 Å². The van der Waals surface area contributed by atoms with Gasteiger partial charge in [-0.05, 0) is 56.2 Å². The van der Waals surface area contributed by atoms with Crippen LogP contribution in [-0.4, -0.2) is 81.8 Å². The molecule has 0 saturated carbocycles. The maximum atomic E-state index is 13.6. The number of aromatic nitrogens is 3. The van der Waals surface area contributed by atoms with Crippen molar-refractivity contribution in [1.82, 2.24) is 30.1 Å². The minimum Gasteiger partial charge on any atom is -0.492 e. The van der Waals surface area contributed by atoms with E-state index < -0.39 is 5.92 Å². The Morgan fingerprint density at radius 1 is 1.00 bits per heavy atom. The molecule has 2 N–H and O–H groups in total. The molecule has 4 aromatic rings. The fraction of sp³-hybridized carbons (Fsp3) is 0.367. The Hall–Kier alpha value is -4.67. The second-order valence-electron chi connectivity index (χ2n) is 10.6. The molecule has 3 amide bonds. The molecular weight excluding hydrogens is 524 g/mol. The van der Waals surface area contributed by atoms with Crippen molar-refractivity contribution >= 4 is 28.8 Å². The summed E-state index contributed by atoms with van der Waals surface area (Å²) in [4.78, 5) is 55.3. The number of H-pyrrole nitrogens is 1. The van der Waals surface area contributed by atoms with E-state index in [0.29, 0.717) is 62.8 Å². The molecule has 11 heteroatoms. The monoisotopic (exact) mass is 556 g/mol. The number of hydrogen-bond donors (Lipinski definition) is 2. The molecule has 2 bridgehead atoms. The average Bonchev–Trinajstić information content (AvgIpc) is 3.70. The van der Waals surface area contributed by atoms with Gasteiger partial charge in [-0.1, -0.05) is 12.1 Å². The zero-order valence-electron chi connectivity index (χ0n) is 23.1. The number of fused-ring (bicyclic) bond motifs is 5. The molecule has 41 heavy (non-hydrogen) atoms. The normalized spacial score (nSPS) is 19.8. The van der Waals surface area contributed by atoms with Crippen LogP contribution in [0.5, 0.6) is 5.75 Å². The molecule has 0 radical (unpaired) electrons. The molecule has 2 aromatic heterocycles. The van der Waals surface area contributed by atoms with Gasteiger partial charge in [0.05, 0.1) is 23.5 Å². The maximum Gasteiger partial charge on any atom is 0.276 e. The number of likely N-dealkylation sites (tertiary alicyclic amines) is 1. The first-order valence-electron chi connectivity index (χ1n) is 13.8. The number of hydrogen-bond acceptors (Lipinski definition) is 7. The van der Waals surface area contributed by atoms with Crippen LogP contribution in [0.25, 0.3) is 11.0 Å². The van der Waals surface area contributed by atoms with Crippen molar-refractivity contribution in [3.05, 3.63) is 77.3 Å². The number of benzene rings is 2. The van der Waals surface area contributed by atoms with Crippen molar-refractivity contribution in [3.8, 4) is 5.75 Å². The lowest BCUT2D eigenvalue weighted by Gasteiger charge is -2.24. The van der Waals surface area contributed by atoms with Gasteiger partial charge in [-0.15, -0.1) is 0 Å². The zero-order chi connectivity index (χ0) is 28.5. The van der Waals surface area contributed by atoms with Gasteiger partial charge in [0, 0.05) is 37.7 Å². The van der Waals surface area contributed by atoms with Crippen molar-refractivity contribution in [2.75, 3.05) is 39.3 Å². The molecule has 6 rings (SSSR count). The molecule has 2 atom stereocenters. The van der Waals surface area contributed by atoms with Crippen molar-refractivity contribution in [2.45, 2.75) is 26.2 Å². The highest BCUT2D eigenvalue weighted by molar-refractivity contribution is 5.98. The fourth-order valence-corrected chi connectivity index (χ4v) is 5.72. The van der Waals surface area contributed by atoms with Crippen LogP contribution in [0.15, 0.2) is 53.3 Å². The van der Waals surface area contributed by atoms with Crippen LogP contribution in [0.4, 0.5) is 0 Å². The SMILES string of the molecule is Cc1nc2ccc(C(=O)N3C[C@@H]4C(=O)NCCCN(C(=O)c5ncoc5C)CCOc5cccc(c5)[C@H]4C3)cc2[nH]1. The highest BCUT2D eigenvalue weighted by Crippen LogP contribution is 2.35. The minimum atomic E-state index is -0.425. The number of carbonyl (C=O) groups is 3. The molecule has 1 saturated heterocycles. The predicted molar refractivity (Wildman–Crippen MR) is 150 cm³/mol. The Morgan fingerprint density at radius 2 is 1.85 bits per heavy atom. The van der Waals surface area contributed by atoms with Gasteiger partial charge < -0.3 is 29.3 Å². The number of amides is 3. The van der Waals surface area contributed by atoms with Crippen molar-refractivity contribution in [2.24, 2.45) is 5.92 Å². The standard InChI is InChI=1S/C30H32N6O5/c1-18-27(32-17-41-18)30(39)35-10-4-9-31-28(37)24-16-36(15-23(24)20-5-3-6-22(13-20)40-12-11-35)29(38)21-7-8-25-26(14-21)34-19(2)33-25/h3,5-8,13-14,17,23-24H,4,9-12,15-16H2,1-2H3,(H,31,37)(H,33,34)/t23-,24+/m1/s1. The number of aromatic amines is 1. The number of aryl methyl sites for hydroxylation is 2. The third kappa shape index (κ3) is 5.39. The van der Waals surface area contributed by atoms with Gasteiger partial charge in [0.15, 0.2) is 12.1 Å². The van der Waals surface area contributed by atoms with E-state index in [4.69, 9.17) is 9.15 Å². The molecule has 212 valence electrons. The van der Waals surface area contributed by atoms with Gasteiger partial charge in [-0.25, -0.2) is 9.97 Å². The molecular formula is C30H32N6O5. The summed E-state index contributed by atoms with van der Waals surface area (Å²) in [6.45, 7) is 5.77. The Morgan fingerprint density at radius 3 is 2.68 bits per heavy atom. The molecule has 2 aromatic carbocycles. The van der Waals surface area contributed by atoms with Crippen molar-refractivity contribution in [1.29, 1.82) is 0 Å². The lowest BCUT2D eigenvalue weighted by atomic mass is 9.88. The average molecular weight is 557 g/mol. The molecule has 2 aliphatic heterocycles. The Bertz CT molecular complexity index is 1610. The van der Waals surface area contributed by atoms with Gasteiger partial charge >= 0.3 is 0 Å². The topological polar surface area (TPSA) is 134 Å². The quantitative estimate of drug-likeness (QED) is 0.388. The first kappa shape index (κ1) is 26.5. The van der Waals surface area contributed by atoms with E-state index in [-0.39, 0.29) is 29.3 Å². The number of nitrogens with one attached hydrogen (secondary N) is 2. The molecule has 1 fully saturated rings. The molecule has 0 spiro atoms. The Labute approximate surface area is 236 Å². The first-order valence-corrected chi connectivity index (χ1v) is 13.8. The second kappa shape index (κ2) is 11.1. The van der Waals surface area contributed by atoms with E-state index in [1.54, 1.807) is 22.8 Å². The summed E-state index contributed by atoms with van der Waals surface area (Å²) in [6.07, 6.45) is 1.82. The minimum absolute atomic E-state index is 0.112. The van der Waals surface area contributed by atoms with Gasteiger partial charge in [0.25, 0.3) is 11.8 Å². The van der Waals surface area contributed by atoms with Gasteiger partial charge in [-0.3, -0.25) is 14.4 Å². The van der Waals surface area contributed by atoms with Crippen LogP contribution in [0.3, 0.4) is 0 Å². The van der Waals surface area contributed by atoms with E-state index >= 15 is 0 Å². The lowest BCUT2D eigenvalue weighted by molar-refractivity contribution is -0.124. The molecule has 4 heterocycles. The number of ether oxygens (including phenoxy) is 1. The molecule has 11 nitrogen and oxygen atoms in total. The lowest BCUT2D eigenvalue weighted by Crippen LogP contribution is -2.39. The summed E-state index contributed by atoms with van der Waals surface area (Å²) in [7, 11) is 0. The molecule has 0 unspecified atom stereocenters. The summed E-state index contributed by atoms with van der Waals surface area (Å²) in [5.74, 6) is 0.814. The largest absolute Gasteiger partial charge is 0.492 e. The van der Waals surface area contributed by atoms with Crippen LogP contribution < -0.4 is 10.1 Å². The number of rotatable bonds is 2. The summed E-state index contributed by atoms with van der Waals surface area (Å²) in [5.41, 5.74) is 3.37. The number of imidazole rings is 1. The molecule has 0 aliphatic carbocycles. The van der Waals surface area contributed by atoms with E-state index in [1.165, 1.54) is 6.39 Å². The van der Waals surface area contributed by atoms with E-state index in [9.17, 15) is 14.4 Å². The van der Waals surface area contributed by atoms with Crippen molar-refractivity contribution in [3.63, 3.8) is 0 Å². The van der Waals surface area contributed by atoms with E-state index in [2.05, 4.69) is 20.3 Å². The summed E-state index contributed by atoms with van der Waals surface area (Å²) in [6, 6.07) is 13.1. The summed E-state index contributed by atoms with van der Waals surface area (Å²) in [5, 5.41) is 3.05. The highest BCUT2D eigenvalue weighted by Gasteiger charge is 2.40. The number of nitrogens with zero attached hydrogens (tertiary/aromatic N) is 4. The maximum absolute atomic E-state index is 13.6. The second-order valence-corrected chi connectivity index (χ2v) is 10.6. The van der Waals surface area contributed by atoms with Crippen LogP contribution in [0, 0.1) is 19.8 Å². The van der Waals surface area contributed by atoms with Gasteiger partial charge in [-0.2, -0.15) is 0 Å². The fourth-order valence-electron chi connectivity index (χ4n) is 5.72. The third-order valence-corrected chi connectivity index (χ3v) is 7.85. The first-order chi connectivity index (χ1) is 19.9. The van der Waals surface area contributed by atoms with Crippen molar-refractivity contribution < 1.29 is 23.5 Å². The number of oxazole rings is 1. The number of carbonyl (C=O) groups excluding carboxylic acids is 3. The predicted octanol–water partition coefficient (Wildman–Crippen LogP) is 3.06. The van der Waals surface area contributed by atoms with Crippen LogP contribution in [0.1, 0.15) is 50.3 Å². The molecule has 2 aliphatic rings. The highest BCUT2D eigenvalue weighted by atomic mass is 16.5. The Kier molecular flexibility index (Phi) is 7.17. The van der Waals surface area contributed by atoms with Crippen LogP contribution in [-0.2, 0) is 4.79 Å². The van der Waals surface area contributed by atoms with Crippen LogP contribution >= 0.6 is 0 Å². The van der Waals surface area contributed by atoms with Gasteiger partial charge in [0.1, 0.15) is 23.9 Å². The zero-order valence-corrected chi connectivity index (χ0v) is 23.1. The van der Waals surface area contributed by atoms with Crippen LogP contribution in [0.2, 0.25) is 0 Å². The van der Waals surface area contributed by atoms with E-state index in [0.717, 1.165) is 22.4 Å². The third-order valence-electron chi connectivity index (χ3n) is 7.85. The summed E-state index contributed by atoms with van der Waals surface area (Å²) >= 11 is 0. The Balaban J connectivity index is 1.22. The smallest absolute Gasteiger partial charge is 0.276 e. The van der Waals surface area contributed by atoms with Gasteiger partial charge in [0.2, 0.25) is 5.91 Å². The summed E-state index contributed by atoms with van der Waals surface area (Å²) < 4.78 is 11.3.